The minimum atomic E-state index is -0.964. The first-order valence-electron chi connectivity index (χ1n) is 6.82. The fraction of sp³-hybridized carbons (Fsp3) is 0.467. The summed E-state index contributed by atoms with van der Waals surface area (Å²) in [6.45, 7) is 1.85. The van der Waals surface area contributed by atoms with Crippen LogP contribution in [0.2, 0.25) is 0 Å². The lowest BCUT2D eigenvalue weighted by atomic mass is 10.1. The zero-order valence-corrected chi connectivity index (χ0v) is 11.3. The minimum Gasteiger partial charge on any atom is -0.478 e. The van der Waals surface area contributed by atoms with Gasteiger partial charge in [-0.05, 0) is 36.5 Å². The molecule has 1 aromatic rings. The first-order valence-corrected chi connectivity index (χ1v) is 6.82. The number of carbonyl (C=O) groups excluding carboxylic acids is 1. The SMILES string of the molecule is O=C(Cc1ccc(C(=O)O)cc1)NCCOCC1CC1. The van der Waals surface area contributed by atoms with Gasteiger partial charge in [0.1, 0.15) is 0 Å². The van der Waals surface area contributed by atoms with Gasteiger partial charge in [-0.2, -0.15) is 0 Å². The van der Waals surface area contributed by atoms with Gasteiger partial charge in [0.05, 0.1) is 18.6 Å². The Morgan fingerprint density at radius 3 is 2.55 bits per heavy atom. The molecule has 0 radical (unpaired) electrons. The molecule has 0 bridgehead atoms. The van der Waals surface area contributed by atoms with Gasteiger partial charge in [-0.15, -0.1) is 0 Å². The van der Waals surface area contributed by atoms with E-state index in [9.17, 15) is 9.59 Å². The van der Waals surface area contributed by atoms with Crippen molar-refractivity contribution in [2.45, 2.75) is 19.3 Å². The summed E-state index contributed by atoms with van der Waals surface area (Å²) in [6, 6.07) is 6.33. The number of ether oxygens (including phenoxy) is 1. The van der Waals surface area contributed by atoms with Crippen molar-refractivity contribution < 1.29 is 19.4 Å². The Hall–Kier alpha value is -1.88. The Morgan fingerprint density at radius 1 is 1.25 bits per heavy atom. The Labute approximate surface area is 117 Å². The molecule has 1 amide bonds. The van der Waals surface area contributed by atoms with E-state index in [1.54, 1.807) is 12.1 Å². The maximum atomic E-state index is 11.7. The van der Waals surface area contributed by atoms with Crippen molar-refractivity contribution in [2.24, 2.45) is 5.92 Å². The molecule has 1 saturated carbocycles. The molecular weight excluding hydrogens is 258 g/mol. The highest BCUT2D eigenvalue weighted by molar-refractivity contribution is 5.87. The Kier molecular flexibility index (Phi) is 5.12. The van der Waals surface area contributed by atoms with Crippen molar-refractivity contribution in [1.82, 2.24) is 5.32 Å². The van der Waals surface area contributed by atoms with Gasteiger partial charge >= 0.3 is 5.97 Å². The van der Waals surface area contributed by atoms with Crippen LogP contribution in [-0.4, -0.2) is 36.7 Å². The molecule has 5 heteroatoms. The van der Waals surface area contributed by atoms with E-state index in [1.165, 1.54) is 25.0 Å². The van der Waals surface area contributed by atoms with Crippen molar-refractivity contribution in [3.05, 3.63) is 35.4 Å². The van der Waals surface area contributed by atoms with E-state index in [-0.39, 0.29) is 17.9 Å². The zero-order chi connectivity index (χ0) is 14.4. The molecule has 0 heterocycles. The van der Waals surface area contributed by atoms with Crippen LogP contribution in [0, 0.1) is 5.92 Å². The summed E-state index contributed by atoms with van der Waals surface area (Å²) in [4.78, 5) is 22.4. The van der Waals surface area contributed by atoms with Crippen LogP contribution in [-0.2, 0) is 16.0 Å². The fourth-order valence-corrected chi connectivity index (χ4v) is 1.81. The van der Waals surface area contributed by atoms with Gasteiger partial charge < -0.3 is 15.2 Å². The maximum Gasteiger partial charge on any atom is 0.335 e. The number of hydrogen-bond donors (Lipinski definition) is 2. The molecule has 1 aliphatic rings. The summed E-state index contributed by atoms with van der Waals surface area (Å²) in [5.74, 6) is -0.310. The molecule has 0 aliphatic heterocycles. The van der Waals surface area contributed by atoms with Gasteiger partial charge in [-0.25, -0.2) is 4.79 Å². The lowest BCUT2D eigenvalue weighted by Crippen LogP contribution is -2.28. The number of benzene rings is 1. The highest BCUT2D eigenvalue weighted by Crippen LogP contribution is 2.28. The summed E-state index contributed by atoms with van der Waals surface area (Å²) in [5, 5.41) is 11.6. The first kappa shape index (κ1) is 14.5. The average Bonchev–Trinajstić information content (AvgIpc) is 3.23. The van der Waals surface area contributed by atoms with Crippen LogP contribution in [0.1, 0.15) is 28.8 Å². The number of carbonyl (C=O) groups is 2. The van der Waals surface area contributed by atoms with E-state index >= 15 is 0 Å². The van der Waals surface area contributed by atoms with Gasteiger partial charge in [0.2, 0.25) is 5.91 Å². The van der Waals surface area contributed by atoms with Crippen molar-refractivity contribution in [1.29, 1.82) is 0 Å². The van der Waals surface area contributed by atoms with E-state index in [4.69, 9.17) is 9.84 Å². The van der Waals surface area contributed by atoms with E-state index < -0.39 is 5.97 Å². The number of amides is 1. The number of carboxylic acid groups (broad SMARTS) is 1. The normalized spacial score (nSPS) is 14.0. The molecular formula is C15H19NO4. The predicted octanol–water partition coefficient (Wildman–Crippen LogP) is 1.47. The molecule has 1 aromatic carbocycles. The molecule has 0 spiro atoms. The van der Waals surface area contributed by atoms with E-state index in [2.05, 4.69) is 5.32 Å². The van der Waals surface area contributed by atoms with Gasteiger partial charge in [0.15, 0.2) is 0 Å². The van der Waals surface area contributed by atoms with Gasteiger partial charge in [-0.3, -0.25) is 4.79 Å². The number of rotatable bonds is 8. The lowest BCUT2D eigenvalue weighted by Gasteiger charge is -2.06. The Balaban J connectivity index is 1.63. The molecule has 2 rings (SSSR count). The standard InChI is InChI=1S/C15H19NO4/c17-14(16-7-8-20-10-12-1-2-12)9-11-3-5-13(6-4-11)15(18)19/h3-6,12H,1-2,7-10H2,(H,16,17)(H,18,19). The highest BCUT2D eigenvalue weighted by atomic mass is 16.5. The van der Waals surface area contributed by atoms with Gasteiger partial charge in [0.25, 0.3) is 0 Å². The molecule has 0 aromatic heterocycles. The monoisotopic (exact) mass is 277 g/mol. The average molecular weight is 277 g/mol. The second-order valence-electron chi connectivity index (χ2n) is 5.05. The van der Waals surface area contributed by atoms with Gasteiger partial charge in [0, 0.05) is 13.2 Å². The molecule has 2 N–H and O–H groups in total. The van der Waals surface area contributed by atoms with Crippen LogP contribution in [0.4, 0.5) is 0 Å². The second kappa shape index (κ2) is 7.05. The Bertz CT molecular complexity index is 465. The number of aromatic carboxylic acids is 1. The minimum absolute atomic E-state index is 0.0805. The first-order chi connectivity index (χ1) is 9.65. The quantitative estimate of drug-likeness (QED) is 0.706. The Morgan fingerprint density at radius 2 is 1.95 bits per heavy atom. The molecule has 0 saturated heterocycles. The largest absolute Gasteiger partial charge is 0.478 e. The summed E-state index contributed by atoms with van der Waals surface area (Å²) in [5.41, 5.74) is 1.02. The van der Waals surface area contributed by atoms with E-state index in [0.717, 1.165) is 18.1 Å². The van der Waals surface area contributed by atoms with Gasteiger partial charge in [-0.1, -0.05) is 12.1 Å². The molecule has 5 nitrogen and oxygen atoms in total. The summed E-state index contributed by atoms with van der Waals surface area (Å²) >= 11 is 0. The third kappa shape index (κ3) is 5.01. The third-order valence-corrected chi connectivity index (χ3v) is 3.18. The van der Waals surface area contributed by atoms with E-state index in [0.29, 0.717) is 13.2 Å². The molecule has 20 heavy (non-hydrogen) atoms. The molecule has 0 unspecified atom stereocenters. The predicted molar refractivity (Wildman–Crippen MR) is 73.7 cm³/mol. The van der Waals surface area contributed by atoms with Crippen molar-refractivity contribution in [3.8, 4) is 0 Å². The molecule has 0 atom stereocenters. The molecule has 1 fully saturated rings. The molecule has 108 valence electrons. The van der Waals surface area contributed by atoms with E-state index in [1.807, 2.05) is 0 Å². The fourth-order valence-electron chi connectivity index (χ4n) is 1.81. The van der Waals surface area contributed by atoms with Crippen molar-refractivity contribution >= 4 is 11.9 Å². The number of carboxylic acids is 1. The van der Waals surface area contributed by atoms with Crippen LogP contribution in [0.25, 0.3) is 0 Å². The summed E-state index contributed by atoms with van der Waals surface area (Å²) < 4.78 is 5.42. The van der Waals surface area contributed by atoms with Crippen LogP contribution in [0.3, 0.4) is 0 Å². The summed E-state index contributed by atoms with van der Waals surface area (Å²) in [6.07, 6.45) is 2.78. The van der Waals surface area contributed by atoms with Crippen molar-refractivity contribution in [3.63, 3.8) is 0 Å². The van der Waals surface area contributed by atoms with Crippen LogP contribution < -0.4 is 5.32 Å². The topological polar surface area (TPSA) is 75.6 Å². The van der Waals surface area contributed by atoms with Crippen LogP contribution >= 0.6 is 0 Å². The van der Waals surface area contributed by atoms with Crippen molar-refractivity contribution in [2.75, 3.05) is 19.8 Å². The smallest absolute Gasteiger partial charge is 0.335 e. The van der Waals surface area contributed by atoms with Crippen LogP contribution in [0.15, 0.2) is 24.3 Å². The third-order valence-electron chi connectivity index (χ3n) is 3.18. The lowest BCUT2D eigenvalue weighted by molar-refractivity contribution is -0.120. The zero-order valence-electron chi connectivity index (χ0n) is 11.3. The van der Waals surface area contributed by atoms with Crippen LogP contribution in [0.5, 0.6) is 0 Å². The highest BCUT2D eigenvalue weighted by Gasteiger charge is 2.20. The number of hydrogen-bond acceptors (Lipinski definition) is 3. The molecule has 1 aliphatic carbocycles. The number of nitrogens with one attached hydrogen (secondary N) is 1. The maximum absolute atomic E-state index is 11.7. The summed E-state index contributed by atoms with van der Waals surface area (Å²) in [7, 11) is 0. The second-order valence-corrected chi connectivity index (χ2v) is 5.05.